The Bertz CT molecular complexity index is 819. The van der Waals surface area contributed by atoms with Crippen LogP contribution in [-0.2, 0) is 6.61 Å². The fourth-order valence-electron chi connectivity index (χ4n) is 2.88. The van der Waals surface area contributed by atoms with Crippen LogP contribution in [0.1, 0.15) is 28.9 Å². The van der Waals surface area contributed by atoms with Gasteiger partial charge in [-0.25, -0.2) is 4.98 Å². The normalized spacial score (nSPS) is 14.8. The lowest BCUT2D eigenvalue weighted by Crippen LogP contribution is -2.43. The lowest BCUT2D eigenvalue weighted by atomic mass is 10.0. The number of nitrogens with two attached hydrogens (primary N) is 1. The molecule has 1 aromatic heterocycles. The molecule has 1 saturated heterocycles. The maximum Gasteiger partial charge on any atom is 0.286 e. The summed E-state index contributed by atoms with van der Waals surface area (Å²) < 4.78 is 10.9. The Kier molecular flexibility index (Phi) is 5.87. The van der Waals surface area contributed by atoms with Crippen LogP contribution in [0.3, 0.4) is 0 Å². The minimum absolute atomic E-state index is 0.0201. The van der Waals surface area contributed by atoms with E-state index in [0.717, 1.165) is 0 Å². The van der Waals surface area contributed by atoms with E-state index < -0.39 is 10.8 Å². The number of thiazole rings is 1. The predicted octanol–water partition coefficient (Wildman–Crippen LogP) is 2.20. The number of carbonyl (C=O) groups excluding carboxylic acids is 1. The number of nitro benzene ring substituents is 1. The number of ether oxygens (including phenoxy) is 2. The number of hydrogen-bond donors (Lipinski definition) is 1. The summed E-state index contributed by atoms with van der Waals surface area (Å²) >= 11 is 1.43. The molecule has 0 atom stereocenters. The minimum Gasteiger partial charge on any atom is -0.493 e. The van der Waals surface area contributed by atoms with Crippen LogP contribution >= 0.6 is 11.3 Å². The SMILES string of the molecule is COc1cc(C(=O)N2CCC(N)CC2)c([N+](=O)[O-])cc1OCc1cscn1. The van der Waals surface area contributed by atoms with Crippen LogP contribution in [0.5, 0.6) is 11.5 Å². The van der Waals surface area contributed by atoms with Gasteiger partial charge in [-0.3, -0.25) is 14.9 Å². The van der Waals surface area contributed by atoms with Crippen molar-refractivity contribution < 1.29 is 19.2 Å². The van der Waals surface area contributed by atoms with E-state index in [2.05, 4.69) is 4.98 Å². The van der Waals surface area contributed by atoms with Gasteiger partial charge in [-0.15, -0.1) is 11.3 Å². The quantitative estimate of drug-likeness (QED) is 0.591. The van der Waals surface area contributed by atoms with Crippen molar-refractivity contribution in [2.45, 2.75) is 25.5 Å². The Balaban J connectivity index is 1.89. The van der Waals surface area contributed by atoms with Crippen LogP contribution in [0.15, 0.2) is 23.0 Å². The zero-order chi connectivity index (χ0) is 19.4. The third-order valence-corrected chi connectivity index (χ3v) is 5.03. The molecule has 3 rings (SSSR count). The fourth-order valence-corrected chi connectivity index (χ4v) is 3.42. The van der Waals surface area contributed by atoms with E-state index in [1.54, 1.807) is 10.4 Å². The lowest BCUT2D eigenvalue weighted by molar-refractivity contribution is -0.385. The van der Waals surface area contributed by atoms with Crippen molar-refractivity contribution in [2.75, 3.05) is 20.2 Å². The zero-order valence-corrected chi connectivity index (χ0v) is 15.6. The number of rotatable bonds is 6. The topological polar surface area (TPSA) is 121 Å². The Labute approximate surface area is 159 Å². The highest BCUT2D eigenvalue weighted by Crippen LogP contribution is 2.36. The van der Waals surface area contributed by atoms with E-state index in [0.29, 0.717) is 31.6 Å². The maximum atomic E-state index is 12.8. The first-order valence-electron chi connectivity index (χ1n) is 8.40. The van der Waals surface area contributed by atoms with Gasteiger partial charge < -0.3 is 20.1 Å². The first-order chi connectivity index (χ1) is 13.0. The summed E-state index contributed by atoms with van der Waals surface area (Å²) in [7, 11) is 1.42. The number of aromatic nitrogens is 1. The van der Waals surface area contributed by atoms with Gasteiger partial charge >= 0.3 is 0 Å². The molecule has 0 aliphatic carbocycles. The smallest absolute Gasteiger partial charge is 0.286 e. The highest BCUT2D eigenvalue weighted by Gasteiger charge is 2.29. The summed E-state index contributed by atoms with van der Waals surface area (Å²) in [4.78, 5) is 29.5. The van der Waals surface area contributed by atoms with E-state index in [1.165, 1.54) is 30.6 Å². The number of likely N-dealkylation sites (tertiary alicyclic amines) is 1. The molecule has 2 N–H and O–H groups in total. The molecule has 27 heavy (non-hydrogen) atoms. The van der Waals surface area contributed by atoms with Gasteiger partial charge in [0.05, 0.1) is 29.3 Å². The number of nitro groups is 1. The first-order valence-corrected chi connectivity index (χ1v) is 9.35. The molecule has 0 spiro atoms. The summed E-state index contributed by atoms with van der Waals surface area (Å²) in [5.74, 6) is 0.0419. The van der Waals surface area contributed by atoms with Gasteiger partial charge in [0.25, 0.3) is 11.6 Å². The van der Waals surface area contributed by atoms with Crippen molar-refractivity contribution in [1.29, 1.82) is 0 Å². The van der Waals surface area contributed by atoms with Crippen molar-refractivity contribution in [1.82, 2.24) is 9.88 Å². The number of piperidine rings is 1. The summed E-state index contributed by atoms with van der Waals surface area (Å²) in [6.07, 6.45) is 1.34. The average Bonchev–Trinajstić information content (AvgIpc) is 3.19. The van der Waals surface area contributed by atoms with E-state index in [9.17, 15) is 14.9 Å². The Morgan fingerprint density at radius 2 is 2.15 bits per heavy atom. The maximum absolute atomic E-state index is 12.8. The van der Waals surface area contributed by atoms with Crippen molar-refractivity contribution in [2.24, 2.45) is 5.73 Å². The van der Waals surface area contributed by atoms with Gasteiger partial charge in [0.1, 0.15) is 12.2 Å². The zero-order valence-electron chi connectivity index (χ0n) is 14.8. The molecule has 1 amide bonds. The molecule has 10 heteroatoms. The number of carbonyl (C=O) groups is 1. The Morgan fingerprint density at radius 3 is 2.74 bits per heavy atom. The summed E-state index contributed by atoms with van der Waals surface area (Å²) in [6.45, 7) is 1.09. The number of nitrogens with zero attached hydrogens (tertiary/aromatic N) is 3. The lowest BCUT2D eigenvalue weighted by Gasteiger charge is -2.30. The summed E-state index contributed by atoms with van der Waals surface area (Å²) in [6, 6.07) is 2.65. The van der Waals surface area contributed by atoms with Crippen LogP contribution < -0.4 is 15.2 Å². The second kappa shape index (κ2) is 8.31. The molecular formula is C17H20N4O5S. The largest absolute Gasteiger partial charge is 0.493 e. The molecule has 0 saturated carbocycles. The second-order valence-electron chi connectivity index (χ2n) is 6.18. The highest BCUT2D eigenvalue weighted by molar-refractivity contribution is 7.07. The van der Waals surface area contributed by atoms with Crippen molar-refractivity contribution >= 4 is 22.9 Å². The molecule has 0 bridgehead atoms. The minimum atomic E-state index is -0.585. The molecule has 0 radical (unpaired) electrons. The molecule has 1 aromatic carbocycles. The van der Waals surface area contributed by atoms with E-state index in [4.69, 9.17) is 15.2 Å². The third kappa shape index (κ3) is 4.34. The molecule has 2 aromatic rings. The van der Waals surface area contributed by atoms with Crippen molar-refractivity contribution in [3.05, 3.63) is 44.4 Å². The molecule has 1 aliphatic heterocycles. The van der Waals surface area contributed by atoms with Crippen LogP contribution in [-0.4, -0.2) is 47.0 Å². The van der Waals surface area contributed by atoms with E-state index in [-0.39, 0.29) is 35.4 Å². The second-order valence-corrected chi connectivity index (χ2v) is 6.89. The van der Waals surface area contributed by atoms with E-state index in [1.807, 2.05) is 5.38 Å². The summed E-state index contributed by atoms with van der Waals surface area (Å²) in [5.41, 5.74) is 7.90. The Morgan fingerprint density at radius 1 is 1.41 bits per heavy atom. The number of benzene rings is 1. The molecule has 0 unspecified atom stereocenters. The van der Waals surface area contributed by atoms with Gasteiger partial charge in [0.2, 0.25) is 0 Å². The Hall–Kier alpha value is -2.72. The third-order valence-electron chi connectivity index (χ3n) is 4.39. The van der Waals surface area contributed by atoms with Gasteiger partial charge in [-0.2, -0.15) is 0 Å². The van der Waals surface area contributed by atoms with Crippen LogP contribution in [0, 0.1) is 10.1 Å². The monoisotopic (exact) mass is 392 g/mol. The van der Waals surface area contributed by atoms with Gasteiger partial charge in [-0.1, -0.05) is 0 Å². The standard InChI is InChI=1S/C17H20N4O5S/c1-25-15-6-13(17(22)20-4-2-11(18)3-5-20)14(21(23)24)7-16(15)26-8-12-9-27-10-19-12/h6-7,9-11H,2-5,8,18H2,1H3. The van der Waals surface area contributed by atoms with Gasteiger partial charge in [0.15, 0.2) is 11.5 Å². The summed E-state index contributed by atoms with van der Waals surface area (Å²) in [5, 5.41) is 13.4. The number of hydrogen-bond acceptors (Lipinski definition) is 8. The van der Waals surface area contributed by atoms with Crippen molar-refractivity contribution in [3.63, 3.8) is 0 Å². The highest BCUT2D eigenvalue weighted by atomic mass is 32.1. The predicted molar refractivity (Wildman–Crippen MR) is 99.2 cm³/mol. The molecule has 9 nitrogen and oxygen atoms in total. The van der Waals surface area contributed by atoms with Gasteiger partial charge in [0, 0.05) is 30.6 Å². The average molecular weight is 392 g/mol. The van der Waals surface area contributed by atoms with Crippen LogP contribution in [0.25, 0.3) is 0 Å². The molecule has 1 aliphatic rings. The van der Waals surface area contributed by atoms with Crippen molar-refractivity contribution in [3.8, 4) is 11.5 Å². The number of methoxy groups -OCH3 is 1. The van der Waals surface area contributed by atoms with Crippen LogP contribution in [0.2, 0.25) is 0 Å². The van der Waals surface area contributed by atoms with E-state index >= 15 is 0 Å². The molecule has 2 heterocycles. The number of amides is 1. The molecular weight excluding hydrogens is 372 g/mol. The first kappa shape index (κ1) is 19.1. The van der Waals surface area contributed by atoms with Gasteiger partial charge in [-0.05, 0) is 12.8 Å². The molecule has 144 valence electrons. The fraction of sp³-hybridized carbons (Fsp3) is 0.412. The molecule has 1 fully saturated rings. The van der Waals surface area contributed by atoms with Crippen LogP contribution in [0.4, 0.5) is 5.69 Å².